The van der Waals surface area contributed by atoms with Crippen LogP contribution in [-0.2, 0) is 13.7 Å². The molecule has 1 aliphatic heterocycles. The smallest absolute Gasteiger partial charge is 0.277 e. The van der Waals surface area contributed by atoms with Crippen molar-refractivity contribution >= 4 is 11.7 Å². The maximum atomic E-state index is 12.5. The summed E-state index contributed by atoms with van der Waals surface area (Å²) in [5.74, 6) is 1.01. The van der Waals surface area contributed by atoms with Crippen molar-refractivity contribution in [2.45, 2.75) is 6.61 Å². The number of ether oxygens (including phenoxy) is 1. The number of fused-ring (bicyclic) bond motifs is 3. The number of para-hydroxylation sites is 1. The van der Waals surface area contributed by atoms with Gasteiger partial charge in [-0.25, -0.2) is 4.98 Å². The van der Waals surface area contributed by atoms with E-state index >= 15 is 0 Å². The summed E-state index contributed by atoms with van der Waals surface area (Å²) >= 11 is 0. The molecule has 0 spiro atoms. The summed E-state index contributed by atoms with van der Waals surface area (Å²) in [5.41, 5.74) is 3.01. The fourth-order valence-corrected chi connectivity index (χ4v) is 2.77. The van der Waals surface area contributed by atoms with Gasteiger partial charge in [-0.3, -0.25) is 9.48 Å². The Labute approximate surface area is 132 Å². The Morgan fingerprint density at radius 1 is 1.22 bits per heavy atom. The zero-order valence-corrected chi connectivity index (χ0v) is 12.5. The highest BCUT2D eigenvalue weighted by molar-refractivity contribution is 6.04. The second-order valence-corrected chi connectivity index (χ2v) is 5.25. The molecule has 0 saturated carbocycles. The molecule has 0 saturated heterocycles. The first kappa shape index (κ1) is 13.5. The van der Waals surface area contributed by atoms with Gasteiger partial charge in [0.05, 0.1) is 5.69 Å². The lowest BCUT2D eigenvalue weighted by Gasteiger charge is -2.18. The van der Waals surface area contributed by atoms with Gasteiger partial charge in [0.1, 0.15) is 18.2 Å². The van der Waals surface area contributed by atoms with E-state index in [2.05, 4.69) is 15.4 Å². The average molecular weight is 306 g/mol. The highest BCUT2D eigenvalue weighted by atomic mass is 16.5. The van der Waals surface area contributed by atoms with Crippen molar-refractivity contribution in [1.29, 1.82) is 0 Å². The minimum absolute atomic E-state index is 0.288. The van der Waals surface area contributed by atoms with Gasteiger partial charge in [0.2, 0.25) is 0 Å². The molecule has 0 fully saturated rings. The largest absolute Gasteiger partial charge is 0.488 e. The molecule has 0 atom stereocenters. The van der Waals surface area contributed by atoms with Crippen LogP contribution >= 0.6 is 0 Å². The number of nitrogens with zero attached hydrogens (tertiary/aromatic N) is 3. The molecule has 0 radical (unpaired) electrons. The summed E-state index contributed by atoms with van der Waals surface area (Å²) in [6.45, 7) is 0.325. The molecular formula is C17H14N4O2. The summed E-state index contributed by atoms with van der Waals surface area (Å²) in [6, 6.07) is 13.1. The number of hydrogen-bond acceptors (Lipinski definition) is 4. The van der Waals surface area contributed by atoms with Crippen LogP contribution in [0.5, 0.6) is 5.75 Å². The first-order valence-electron chi connectivity index (χ1n) is 7.24. The second kappa shape index (κ2) is 5.24. The van der Waals surface area contributed by atoms with Crippen LogP contribution in [0.3, 0.4) is 0 Å². The third kappa shape index (κ3) is 2.24. The molecule has 114 valence electrons. The lowest BCUT2D eigenvalue weighted by molar-refractivity contribution is 0.101. The van der Waals surface area contributed by atoms with E-state index in [1.54, 1.807) is 23.0 Å². The predicted octanol–water partition coefficient (Wildman–Crippen LogP) is 2.63. The summed E-state index contributed by atoms with van der Waals surface area (Å²) in [6.07, 6.45) is 1.63. The van der Waals surface area contributed by atoms with Crippen LogP contribution in [0.2, 0.25) is 0 Å². The molecule has 3 aromatic rings. The Kier molecular flexibility index (Phi) is 3.08. The van der Waals surface area contributed by atoms with Crippen LogP contribution in [0.1, 0.15) is 16.1 Å². The van der Waals surface area contributed by atoms with E-state index in [1.807, 2.05) is 37.4 Å². The Morgan fingerprint density at radius 3 is 2.87 bits per heavy atom. The van der Waals surface area contributed by atoms with Crippen molar-refractivity contribution in [2.24, 2.45) is 7.05 Å². The standard InChI is InChI=1S/C17H14N4O2/c1-21-16-11-6-2-3-7-13(11)23-10-12(16)15(20-21)17(22)19-14-8-4-5-9-18-14/h2-9H,10H2,1H3,(H,18,19,22). The Bertz CT molecular complexity index is 887. The molecule has 0 unspecified atom stereocenters. The van der Waals surface area contributed by atoms with E-state index in [1.165, 1.54) is 0 Å². The van der Waals surface area contributed by atoms with E-state index in [9.17, 15) is 4.79 Å². The minimum Gasteiger partial charge on any atom is -0.488 e. The summed E-state index contributed by atoms with van der Waals surface area (Å²) in [7, 11) is 1.83. The van der Waals surface area contributed by atoms with Crippen molar-refractivity contribution in [3.05, 3.63) is 59.9 Å². The molecule has 23 heavy (non-hydrogen) atoms. The second-order valence-electron chi connectivity index (χ2n) is 5.25. The van der Waals surface area contributed by atoms with Gasteiger partial charge in [-0.15, -0.1) is 0 Å². The third-order valence-corrected chi connectivity index (χ3v) is 3.78. The first-order chi connectivity index (χ1) is 11.2. The molecule has 2 aromatic heterocycles. The van der Waals surface area contributed by atoms with Crippen LogP contribution in [-0.4, -0.2) is 20.7 Å². The number of nitrogens with one attached hydrogen (secondary N) is 1. The molecule has 1 aromatic carbocycles. The molecule has 6 heteroatoms. The molecule has 6 nitrogen and oxygen atoms in total. The number of hydrogen-bond donors (Lipinski definition) is 1. The van der Waals surface area contributed by atoms with Crippen molar-refractivity contribution in [3.8, 4) is 17.0 Å². The van der Waals surface area contributed by atoms with Crippen molar-refractivity contribution in [3.63, 3.8) is 0 Å². The molecule has 1 aliphatic rings. The minimum atomic E-state index is -0.288. The number of anilines is 1. The summed E-state index contributed by atoms with van der Waals surface area (Å²) < 4.78 is 7.48. The molecular weight excluding hydrogens is 292 g/mol. The average Bonchev–Trinajstić information content (AvgIpc) is 2.93. The van der Waals surface area contributed by atoms with E-state index in [0.717, 1.165) is 22.6 Å². The van der Waals surface area contributed by atoms with Crippen molar-refractivity contribution < 1.29 is 9.53 Å². The SMILES string of the molecule is Cn1nc(C(=O)Nc2ccccn2)c2c1-c1ccccc1OC2. The number of aryl methyl sites for hydroxylation is 1. The van der Waals surface area contributed by atoms with Crippen LogP contribution in [0.4, 0.5) is 5.82 Å². The maximum Gasteiger partial charge on any atom is 0.277 e. The molecule has 0 aliphatic carbocycles. The van der Waals surface area contributed by atoms with Crippen LogP contribution in [0.25, 0.3) is 11.3 Å². The van der Waals surface area contributed by atoms with Gasteiger partial charge in [0, 0.05) is 24.4 Å². The number of amides is 1. The fraction of sp³-hybridized carbons (Fsp3) is 0.118. The lowest BCUT2D eigenvalue weighted by atomic mass is 10.0. The van der Waals surface area contributed by atoms with Crippen LogP contribution in [0, 0.1) is 0 Å². The normalized spacial score (nSPS) is 12.0. The van der Waals surface area contributed by atoms with Gasteiger partial charge in [-0.05, 0) is 24.3 Å². The van der Waals surface area contributed by atoms with Gasteiger partial charge in [-0.2, -0.15) is 5.10 Å². The topological polar surface area (TPSA) is 69.0 Å². The molecule has 3 heterocycles. The van der Waals surface area contributed by atoms with Crippen LogP contribution < -0.4 is 10.1 Å². The van der Waals surface area contributed by atoms with Gasteiger partial charge in [0.25, 0.3) is 5.91 Å². The monoisotopic (exact) mass is 306 g/mol. The van der Waals surface area contributed by atoms with Gasteiger partial charge < -0.3 is 10.1 Å². The van der Waals surface area contributed by atoms with Crippen LogP contribution in [0.15, 0.2) is 48.7 Å². The number of benzene rings is 1. The van der Waals surface area contributed by atoms with E-state index in [-0.39, 0.29) is 5.91 Å². The van der Waals surface area contributed by atoms with E-state index < -0.39 is 0 Å². The summed E-state index contributed by atoms with van der Waals surface area (Å²) in [5, 5.41) is 7.15. The zero-order valence-electron chi connectivity index (χ0n) is 12.5. The molecule has 4 rings (SSSR count). The van der Waals surface area contributed by atoms with Gasteiger partial charge >= 0.3 is 0 Å². The first-order valence-corrected chi connectivity index (χ1v) is 7.24. The number of aromatic nitrogens is 3. The Balaban J connectivity index is 1.74. The Hall–Kier alpha value is -3.15. The lowest BCUT2D eigenvalue weighted by Crippen LogP contribution is -2.17. The zero-order chi connectivity index (χ0) is 15.8. The number of carbonyl (C=O) groups excluding carboxylic acids is 1. The van der Waals surface area contributed by atoms with Crippen molar-refractivity contribution in [1.82, 2.24) is 14.8 Å². The quantitative estimate of drug-likeness (QED) is 0.790. The van der Waals surface area contributed by atoms with Gasteiger partial charge in [0.15, 0.2) is 5.69 Å². The number of carbonyl (C=O) groups is 1. The van der Waals surface area contributed by atoms with Gasteiger partial charge in [-0.1, -0.05) is 18.2 Å². The highest BCUT2D eigenvalue weighted by Crippen LogP contribution is 2.38. The predicted molar refractivity (Wildman–Crippen MR) is 85.2 cm³/mol. The maximum absolute atomic E-state index is 12.5. The molecule has 1 amide bonds. The van der Waals surface area contributed by atoms with E-state index in [0.29, 0.717) is 18.1 Å². The number of pyridine rings is 1. The summed E-state index contributed by atoms with van der Waals surface area (Å²) in [4.78, 5) is 16.6. The fourth-order valence-electron chi connectivity index (χ4n) is 2.77. The molecule has 1 N–H and O–H groups in total. The van der Waals surface area contributed by atoms with E-state index in [4.69, 9.17) is 4.74 Å². The third-order valence-electron chi connectivity index (χ3n) is 3.78. The molecule has 0 bridgehead atoms. The highest BCUT2D eigenvalue weighted by Gasteiger charge is 2.28. The van der Waals surface area contributed by atoms with Crippen molar-refractivity contribution in [2.75, 3.05) is 5.32 Å². The number of rotatable bonds is 2. The Morgan fingerprint density at radius 2 is 2.04 bits per heavy atom.